The first-order chi connectivity index (χ1) is 12.5. The molecule has 1 aromatic carbocycles. The second kappa shape index (κ2) is 8.12. The highest BCUT2D eigenvalue weighted by atomic mass is 19.1. The Labute approximate surface area is 152 Å². The number of hydrogen-bond acceptors (Lipinski definition) is 3. The first kappa shape index (κ1) is 18.8. The van der Waals surface area contributed by atoms with Crippen LogP contribution in [0, 0.1) is 24.5 Å². The van der Waals surface area contributed by atoms with Gasteiger partial charge in [-0.2, -0.15) is 0 Å². The molecule has 2 aliphatic rings. The molecule has 1 N–H and O–H groups in total. The van der Waals surface area contributed by atoms with Gasteiger partial charge in [0.2, 0.25) is 11.8 Å². The summed E-state index contributed by atoms with van der Waals surface area (Å²) < 4.78 is 28.2. The number of carbonyl (C=O) groups is 2. The predicted octanol–water partition coefficient (Wildman–Crippen LogP) is 1.83. The second-order valence-electron chi connectivity index (χ2n) is 7.15. The quantitative estimate of drug-likeness (QED) is 0.889. The van der Waals surface area contributed by atoms with Gasteiger partial charge in [0.15, 0.2) is 0 Å². The van der Waals surface area contributed by atoms with E-state index in [2.05, 4.69) is 5.32 Å². The van der Waals surface area contributed by atoms with Crippen molar-refractivity contribution < 1.29 is 18.4 Å². The zero-order valence-corrected chi connectivity index (χ0v) is 15.1. The summed E-state index contributed by atoms with van der Waals surface area (Å²) in [6.07, 6.45) is 1.74. The Morgan fingerprint density at radius 1 is 1.23 bits per heavy atom. The molecule has 2 fully saturated rings. The van der Waals surface area contributed by atoms with E-state index in [1.807, 2.05) is 9.80 Å². The van der Waals surface area contributed by atoms with Gasteiger partial charge < -0.3 is 10.2 Å². The number of hydrogen-bond donors (Lipinski definition) is 1. The first-order valence-electron chi connectivity index (χ1n) is 9.17. The van der Waals surface area contributed by atoms with Crippen LogP contribution in [0.3, 0.4) is 0 Å². The Morgan fingerprint density at radius 2 is 2.04 bits per heavy atom. The van der Waals surface area contributed by atoms with Crippen molar-refractivity contribution in [3.63, 3.8) is 0 Å². The molecular formula is C19H25F2N3O2. The van der Waals surface area contributed by atoms with Gasteiger partial charge in [0, 0.05) is 51.3 Å². The molecule has 3 rings (SSSR count). The average molecular weight is 365 g/mol. The molecule has 5 nitrogen and oxygen atoms in total. The van der Waals surface area contributed by atoms with Crippen LogP contribution in [0.1, 0.15) is 30.4 Å². The van der Waals surface area contributed by atoms with Crippen molar-refractivity contribution in [3.8, 4) is 0 Å². The third-order valence-electron chi connectivity index (χ3n) is 5.28. The third kappa shape index (κ3) is 4.20. The van der Waals surface area contributed by atoms with Crippen molar-refractivity contribution in [2.24, 2.45) is 5.92 Å². The zero-order chi connectivity index (χ0) is 18.7. The molecule has 1 unspecified atom stereocenters. The summed E-state index contributed by atoms with van der Waals surface area (Å²) in [7, 11) is 0. The molecule has 2 amide bonds. The average Bonchev–Trinajstić information content (AvgIpc) is 2.88. The monoisotopic (exact) mass is 365 g/mol. The van der Waals surface area contributed by atoms with Crippen LogP contribution < -0.4 is 5.32 Å². The van der Waals surface area contributed by atoms with Crippen LogP contribution in [0.15, 0.2) is 12.1 Å². The maximum atomic E-state index is 14.2. The lowest BCUT2D eigenvalue weighted by Crippen LogP contribution is -2.45. The summed E-state index contributed by atoms with van der Waals surface area (Å²) in [6.45, 7) is 4.69. The maximum Gasteiger partial charge on any atom is 0.227 e. The van der Waals surface area contributed by atoms with Gasteiger partial charge in [-0.1, -0.05) is 6.07 Å². The van der Waals surface area contributed by atoms with Crippen molar-refractivity contribution in [3.05, 3.63) is 34.9 Å². The van der Waals surface area contributed by atoms with Gasteiger partial charge in [-0.05, 0) is 31.4 Å². The Morgan fingerprint density at radius 3 is 2.77 bits per heavy atom. The smallest absolute Gasteiger partial charge is 0.227 e. The molecule has 7 heteroatoms. The minimum absolute atomic E-state index is 0.00157. The van der Waals surface area contributed by atoms with Crippen LogP contribution in [0.25, 0.3) is 0 Å². The standard InChI is InChI=1S/C19H25F2N3O2/c1-13-3-5-16(20)15(18(13)21)12-23-7-2-8-24(10-9-23)19(26)14-4-6-17(25)22-11-14/h3,5,14H,2,4,6-12H2,1H3,(H,22,25). The van der Waals surface area contributed by atoms with Gasteiger partial charge in [0.25, 0.3) is 0 Å². The van der Waals surface area contributed by atoms with Crippen molar-refractivity contribution in [2.75, 3.05) is 32.7 Å². The number of halogens is 2. The van der Waals surface area contributed by atoms with E-state index in [0.717, 1.165) is 6.42 Å². The molecule has 2 heterocycles. The molecule has 26 heavy (non-hydrogen) atoms. The topological polar surface area (TPSA) is 52.7 Å². The molecule has 2 saturated heterocycles. The molecule has 0 spiro atoms. The van der Waals surface area contributed by atoms with E-state index >= 15 is 0 Å². The fourth-order valence-electron chi connectivity index (χ4n) is 3.63. The third-order valence-corrected chi connectivity index (χ3v) is 5.28. The van der Waals surface area contributed by atoms with E-state index in [1.54, 1.807) is 6.92 Å². The number of piperidine rings is 1. The van der Waals surface area contributed by atoms with Crippen molar-refractivity contribution in [1.82, 2.24) is 15.1 Å². The van der Waals surface area contributed by atoms with Gasteiger partial charge in [0.1, 0.15) is 11.6 Å². The Hall–Kier alpha value is -2.02. The minimum Gasteiger partial charge on any atom is -0.355 e. The summed E-state index contributed by atoms with van der Waals surface area (Å²) in [4.78, 5) is 27.7. The highest BCUT2D eigenvalue weighted by Crippen LogP contribution is 2.20. The van der Waals surface area contributed by atoms with Crippen molar-refractivity contribution in [1.29, 1.82) is 0 Å². The van der Waals surface area contributed by atoms with E-state index in [1.165, 1.54) is 12.1 Å². The van der Waals surface area contributed by atoms with Crippen LogP contribution in [-0.2, 0) is 16.1 Å². The molecule has 1 aromatic rings. The molecule has 0 radical (unpaired) electrons. The van der Waals surface area contributed by atoms with E-state index in [9.17, 15) is 18.4 Å². The van der Waals surface area contributed by atoms with Crippen LogP contribution in [-0.4, -0.2) is 54.3 Å². The van der Waals surface area contributed by atoms with Crippen LogP contribution in [0.5, 0.6) is 0 Å². The first-order valence-corrected chi connectivity index (χ1v) is 9.17. The lowest BCUT2D eigenvalue weighted by atomic mass is 9.97. The van der Waals surface area contributed by atoms with E-state index in [0.29, 0.717) is 51.1 Å². The molecule has 2 aliphatic heterocycles. The number of nitrogens with zero attached hydrogens (tertiary/aromatic N) is 2. The van der Waals surface area contributed by atoms with Crippen LogP contribution in [0.4, 0.5) is 8.78 Å². The molecule has 0 aliphatic carbocycles. The largest absolute Gasteiger partial charge is 0.355 e. The lowest BCUT2D eigenvalue weighted by Gasteiger charge is -2.28. The van der Waals surface area contributed by atoms with Crippen molar-refractivity contribution >= 4 is 11.8 Å². The van der Waals surface area contributed by atoms with Crippen LogP contribution >= 0.6 is 0 Å². The van der Waals surface area contributed by atoms with Gasteiger partial charge in [0.05, 0.1) is 5.92 Å². The van der Waals surface area contributed by atoms with Gasteiger partial charge in [-0.15, -0.1) is 0 Å². The molecule has 142 valence electrons. The molecule has 0 aromatic heterocycles. The number of nitrogens with one attached hydrogen (secondary N) is 1. The second-order valence-corrected chi connectivity index (χ2v) is 7.15. The summed E-state index contributed by atoms with van der Waals surface area (Å²) in [5.74, 6) is -1.10. The van der Waals surface area contributed by atoms with Gasteiger partial charge in [-0.25, -0.2) is 8.78 Å². The number of aryl methyl sites for hydroxylation is 1. The Kier molecular flexibility index (Phi) is 5.86. The Balaban J connectivity index is 1.59. The highest BCUT2D eigenvalue weighted by Gasteiger charge is 2.29. The van der Waals surface area contributed by atoms with E-state index < -0.39 is 11.6 Å². The molecule has 1 atom stereocenters. The van der Waals surface area contributed by atoms with Gasteiger partial charge in [-0.3, -0.25) is 14.5 Å². The summed E-state index contributed by atoms with van der Waals surface area (Å²) in [5.41, 5.74) is 0.534. The SMILES string of the molecule is Cc1ccc(F)c(CN2CCCN(C(=O)C3CCC(=O)NC3)CC2)c1F. The minimum atomic E-state index is -0.525. The highest BCUT2D eigenvalue weighted by molar-refractivity contribution is 5.83. The van der Waals surface area contributed by atoms with E-state index in [-0.39, 0.29) is 29.8 Å². The molecular weight excluding hydrogens is 340 g/mol. The molecule has 0 saturated carbocycles. The van der Waals surface area contributed by atoms with Gasteiger partial charge >= 0.3 is 0 Å². The number of rotatable bonds is 3. The summed E-state index contributed by atoms with van der Waals surface area (Å²) in [6, 6.07) is 2.75. The normalized spacial score (nSPS) is 22.0. The van der Waals surface area contributed by atoms with Crippen molar-refractivity contribution in [2.45, 2.75) is 32.7 Å². The fraction of sp³-hybridized carbons (Fsp3) is 0.579. The number of carbonyl (C=O) groups excluding carboxylic acids is 2. The summed E-state index contributed by atoms with van der Waals surface area (Å²) in [5, 5.41) is 2.75. The summed E-state index contributed by atoms with van der Waals surface area (Å²) >= 11 is 0. The lowest BCUT2D eigenvalue weighted by molar-refractivity contribution is -0.137. The van der Waals surface area contributed by atoms with Crippen LogP contribution in [0.2, 0.25) is 0 Å². The predicted molar refractivity (Wildman–Crippen MR) is 93.3 cm³/mol. The van der Waals surface area contributed by atoms with E-state index in [4.69, 9.17) is 0 Å². The zero-order valence-electron chi connectivity index (χ0n) is 15.1. The number of benzene rings is 1. The molecule has 0 bridgehead atoms. The number of amides is 2. The fourth-order valence-corrected chi connectivity index (χ4v) is 3.63. The maximum absolute atomic E-state index is 14.2. The Bertz CT molecular complexity index is 686.